The fraction of sp³-hybridized carbons (Fsp3) is 0.455. The molecule has 0 fully saturated rings. The smallest absolute Gasteiger partial charge is 0.279 e. The average molecular weight is 285 g/mol. The second-order valence-electron chi connectivity index (χ2n) is 3.97. The van der Waals surface area contributed by atoms with Crippen LogP contribution in [0.3, 0.4) is 0 Å². The number of pyridine rings is 1. The highest BCUT2D eigenvalue weighted by Crippen LogP contribution is 2.08. The Labute approximate surface area is 113 Å². The Morgan fingerprint density at radius 1 is 1.58 bits per heavy atom. The van der Waals surface area contributed by atoms with Crippen molar-refractivity contribution in [1.29, 1.82) is 5.41 Å². The normalized spacial score (nSPS) is 11.7. The summed E-state index contributed by atoms with van der Waals surface area (Å²) in [5, 5.41) is 7.20. The number of hydrogen-bond donors (Lipinski definition) is 3. The summed E-state index contributed by atoms with van der Waals surface area (Å²) in [6.07, 6.45) is 3.44. The van der Waals surface area contributed by atoms with Crippen LogP contribution in [0, 0.1) is 5.41 Å². The molecular formula is C11H19N5O2S. The van der Waals surface area contributed by atoms with E-state index < -0.39 is 10.2 Å². The molecule has 106 valence electrons. The zero-order valence-electron chi connectivity index (χ0n) is 10.8. The lowest BCUT2D eigenvalue weighted by molar-refractivity contribution is 0.407. The second kappa shape index (κ2) is 7.17. The summed E-state index contributed by atoms with van der Waals surface area (Å²) in [5.74, 6) is -0.0390. The number of nitrogens with one attached hydrogen (secondary N) is 2. The molecule has 1 aromatic heterocycles. The van der Waals surface area contributed by atoms with E-state index in [1.807, 2.05) is 0 Å². The van der Waals surface area contributed by atoms with Gasteiger partial charge in [-0.3, -0.25) is 10.4 Å². The maximum Gasteiger partial charge on any atom is 0.279 e. The highest BCUT2D eigenvalue weighted by Gasteiger charge is 2.21. The summed E-state index contributed by atoms with van der Waals surface area (Å²) in [6.45, 7) is 2.40. The molecule has 1 heterocycles. The van der Waals surface area contributed by atoms with E-state index in [9.17, 15) is 8.42 Å². The van der Waals surface area contributed by atoms with Gasteiger partial charge in [0.2, 0.25) is 0 Å². The van der Waals surface area contributed by atoms with Crippen LogP contribution < -0.4 is 10.5 Å². The van der Waals surface area contributed by atoms with Gasteiger partial charge in [0.1, 0.15) is 0 Å². The first-order chi connectivity index (χ1) is 8.95. The van der Waals surface area contributed by atoms with Crippen LogP contribution in [-0.4, -0.2) is 36.6 Å². The molecule has 0 aliphatic rings. The van der Waals surface area contributed by atoms with Gasteiger partial charge in [-0.2, -0.15) is 12.7 Å². The molecule has 0 radical (unpaired) electrons. The Bertz CT molecular complexity index is 503. The summed E-state index contributed by atoms with van der Waals surface area (Å²) < 4.78 is 27.8. The van der Waals surface area contributed by atoms with Gasteiger partial charge >= 0.3 is 0 Å². The third-order valence-electron chi connectivity index (χ3n) is 2.38. The van der Waals surface area contributed by atoms with E-state index in [-0.39, 0.29) is 25.3 Å². The zero-order valence-corrected chi connectivity index (χ0v) is 11.7. The summed E-state index contributed by atoms with van der Waals surface area (Å²) in [4.78, 5) is 3.95. The maximum absolute atomic E-state index is 12.0. The van der Waals surface area contributed by atoms with E-state index in [1.165, 1.54) is 4.31 Å². The first kappa shape index (κ1) is 15.5. The number of aromatic nitrogens is 1. The van der Waals surface area contributed by atoms with Crippen molar-refractivity contribution in [2.75, 3.05) is 13.1 Å². The topological polar surface area (TPSA) is 112 Å². The van der Waals surface area contributed by atoms with Crippen molar-refractivity contribution in [1.82, 2.24) is 14.0 Å². The number of hydrogen-bond acceptors (Lipinski definition) is 4. The first-order valence-corrected chi connectivity index (χ1v) is 7.36. The molecule has 0 amide bonds. The molecule has 7 nitrogen and oxygen atoms in total. The van der Waals surface area contributed by atoms with Gasteiger partial charge in [0.05, 0.1) is 5.84 Å². The van der Waals surface area contributed by atoms with E-state index in [4.69, 9.17) is 11.1 Å². The third kappa shape index (κ3) is 5.33. The highest BCUT2D eigenvalue weighted by atomic mass is 32.2. The molecule has 0 saturated heterocycles. The van der Waals surface area contributed by atoms with Crippen LogP contribution in [0.25, 0.3) is 0 Å². The number of nitrogens with two attached hydrogens (primary N) is 1. The van der Waals surface area contributed by atoms with Crippen LogP contribution in [0.1, 0.15) is 18.9 Å². The predicted molar refractivity (Wildman–Crippen MR) is 73.8 cm³/mol. The van der Waals surface area contributed by atoms with Crippen LogP contribution in [0.4, 0.5) is 0 Å². The lowest BCUT2D eigenvalue weighted by atomic mass is 10.3. The molecular weight excluding hydrogens is 266 g/mol. The summed E-state index contributed by atoms with van der Waals surface area (Å²) >= 11 is 0. The molecule has 0 aliphatic heterocycles. The average Bonchev–Trinajstić information content (AvgIpc) is 2.35. The quantitative estimate of drug-likeness (QED) is 0.463. The lowest BCUT2D eigenvalue weighted by Crippen LogP contribution is -2.41. The van der Waals surface area contributed by atoms with Crippen LogP contribution in [0.15, 0.2) is 24.5 Å². The molecule has 0 atom stereocenters. The number of amidine groups is 1. The van der Waals surface area contributed by atoms with Crippen LogP contribution in [0.5, 0.6) is 0 Å². The molecule has 1 aromatic rings. The Morgan fingerprint density at radius 3 is 2.84 bits per heavy atom. The van der Waals surface area contributed by atoms with Crippen molar-refractivity contribution >= 4 is 16.0 Å². The highest BCUT2D eigenvalue weighted by molar-refractivity contribution is 7.87. The second-order valence-corrected chi connectivity index (χ2v) is 5.73. The Balaban J connectivity index is 2.83. The minimum absolute atomic E-state index is 0.0390. The molecule has 19 heavy (non-hydrogen) atoms. The lowest BCUT2D eigenvalue weighted by Gasteiger charge is -2.21. The van der Waals surface area contributed by atoms with Gasteiger partial charge in [0, 0.05) is 38.4 Å². The van der Waals surface area contributed by atoms with E-state index >= 15 is 0 Å². The van der Waals surface area contributed by atoms with Gasteiger partial charge in [-0.1, -0.05) is 13.0 Å². The van der Waals surface area contributed by atoms with Crippen molar-refractivity contribution < 1.29 is 8.42 Å². The molecule has 0 aliphatic carbocycles. The predicted octanol–water partition coefficient (Wildman–Crippen LogP) is 0.0640. The molecule has 0 aromatic carbocycles. The van der Waals surface area contributed by atoms with E-state index in [1.54, 1.807) is 31.5 Å². The summed E-state index contributed by atoms with van der Waals surface area (Å²) in [5.41, 5.74) is 6.07. The molecule has 4 N–H and O–H groups in total. The van der Waals surface area contributed by atoms with Crippen LogP contribution in [-0.2, 0) is 16.8 Å². The molecule has 0 spiro atoms. The van der Waals surface area contributed by atoms with Crippen molar-refractivity contribution in [3.8, 4) is 0 Å². The molecule has 0 unspecified atom stereocenters. The SMILES string of the molecule is CCNS(=O)(=O)N(CCC(=N)N)Cc1cccnc1. The first-order valence-electron chi connectivity index (χ1n) is 5.92. The molecule has 0 bridgehead atoms. The fourth-order valence-electron chi connectivity index (χ4n) is 1.50. The molecule has 0 saturated carbocycles. The monoisotopic (exact) mass is 285 g/mol. The zero-order chi connectivity index (χ0) is 14.3. The van der Waals surface area contributed by atoms with E-state index in [2.05, 4.69) is 9.71 Å². The number of rotatable bonds is 8. The van der Waals surface area contributed by atoms with Crippen LogP contribution in [0.2, 0.25) is 0 Å². The minimum Gasteiger partial charge on any atom is -0.388 e. The summed E-state index contributed by atoms with van der Waals surface area (Å²) in [6, 6.07) is 3.55. The molecule has 8 heteroatoms. The van der Waals surface area contributed by atoms with Crippen molar-refractivity contribution in [3.63, 3.8) is 0 Å². The standard InChI is InChI=1S/C11H19N5O2S/c1-2-15-19(17,18)16(7-5-11(12)13)9-10-4-3-6-14-8-10/h3-4,6,8,15H,2,5,7,9H2,1H3,(H3,12,13). The van der Waals surface area contributed by atoms with Crippen LogP contribution >= 0.6 is 0 Å². The third-order valence-corrected chi connectivity index (χ3v) is 4.02. The van der Waals surface area contributed by atoms with Crippen molar-refractivity contribution in [3.05, 3.63) is 30.1 Å². The largest absolute Gasteiger partial charge is 0.388 e. The maximum atomic E-state index is 12.0. The summed E-state index contributed by atoms with van der Waals surface area (Å²) in [7, 11) is -3.56. The van der Waals surface area contributed by atoms with Gasteiger partial charge in [0.15, 0.2) is 0 Å². The Morgan fingerprint density at radius 2 is 2.32 bits per heavy atom. The van der Waals surface area contributed by atoms with Crippen molar-refractivity contribution in [2.45, 2.75) is 19.9 Å². The Kier molecular flexibility index (Phi) is 5.87. The van der Waals surface area contributed by atoms with Gasteiger partial charge < -0.3 is 5.73 Å². The van der Waals surface area contributed by atoms with Crippen molar-refractivity contribution in [2.24, 2.45) is 5.73 Å². The van der Waals surface area contributed by atoms with Gasteiger partial charge in [0.25, 0.3) is 10.2 Å². The van der Waals surface area contributed by atoms with Gasteiger partial charge in [-0.25, -0.2) is 4.72 Å². The number of nitrogens with zero attached hydrogens (tertiary/aromatic N) is 2. The van der Waals surface area contributed by atoms with Gasteiger partial charge in [-0.05, 0) is 11.6 Å². The van der Waals surface area contributed by atoms with Gasteiger partial charge in [-0.15, -0.1) is 0 Å². The minimum atomic E-state index is -3.56. The van der Waals surface area contributed by atoms with E-state index in [0.717, 1.165) is 5.56 Å². The fourth-order valence-corrected chi connectivity index (χ4v) is 2.70. The Hall–Kier alpha value is -1.51. The van der Waals surface area contributed by atoms with E-state index in [0.29, 0.717) is 6.54 Å². The molecule has 1 rings (SSSR count).